The van der Waals surface area contributed by atoms with Crippen molar-refractivity contribution in [3.05, 3.63) is 48.5 Å². The summed E-state index contributed by atoms with van der Waals surface area (Å²) in [4.78, 5) is 12.4. The van der Waals surface area contributed by atoms with Gasteiger partial charge in [0.25, 0.3) is 5.91 Å². The van der Waals surface area contributed by atoms with Gasteiger partial charge in [-0.05, 0) is 45.0 Å². The van der Waals surface area contributed by atoms with E-state index in [1.807, 2.05) is 44.2 Å². The molecule has 0 aliphatic rings. The number of anilines is 1. The molecule has 0 radical (unpaired) electrons. The third kappa shape index (κ3) is 4.91. The molecule has 1 amide bonds. The van der Waals surface area contributed by atoms with Gasteiger partial charge in [0.1, 0.15) is 17.2 Å². The summed E-state index contributed by atoms with van der Waals surface area (Å²) < 4.78 is 16.5. The number of carbonyl (C=O) groups excluding carboxylic acids is 1. The molecule has 5 heteroatoms. The van der Waals surface area contributed by atoms with E-state index in [1.54, 1.807) is 32.2 Å². The molecule has 0 bridgehead atoms. The maximum Gasteiger partial charge on any atom is 0.265 e. The standard InChI is InChI=1S/C19H23NO4/c1-13(2)23-18-11-6-5-10-17(18)20-19(21)14(3)24-16-9-7-8-15(12-16)22-4/h5-14H,1-4H3,(H,20,21). The van der Waals surface area contributed by atoms with E-state index in [2.05, 4.69) is 5.32 Å². The number of amides is 1. The molecule has 0 heterocycles. The van der Waals surface area contributed by atoms with Gasteiger partial charge in [0, 0.05) is 6.07 Å². The number of methoxy groups -OCH3 is 1. The van der Waals surface area contributed by atoms with Crippen LogP contribution in [0.4, 0.5) is 5.69 Å². The van der Waals surface area contributed by atoms with Crippen molar-refractivity contribution in [3.8, 4) is 17.2 Å². The largest absolute Gasteiger partial charge is 0.497 e. The Kier molecular flexibility index (Phi) is 6.07. The van der Waals surface area contributed by atoms with Crippen molar-refractivity contribution in [2.75, 3.05) is 12.4 Å². The summed E-state index contributed by atoms with van der Waals surface area (Å²) in [6.07, 6.45) is -0.641. The van der Waals surface area contributed by atoms with Crippen LogP contribution in [0.2, 0.25) is 0 Å². The minimum atomic E-state index is -0.663. The lowest BCUT2D eigenvalue weighted by Gasteiger charge is -2.18. The zero-order chi connectivity index (χ0) is 17.5. The van der Waals surface area contributed by atoms with E-state index >= 15 is 0 Å². The third-order valence-corrected chi connectivity index (χ3v) is 3.23. The molecule has 0 fully saturated rings. The Morgan fingerprint density at radius 1 is 0.958 bits per heavy atom. The van der Waals surface area contributed by atoms with Gasteiger partial charge in [-0.1, -0.05) is 18.2 Å². The Morgan fingerprint density at radius 2 is 1.67 bits per heavy atom. The first-order valence-corrected chi connectivity index (χ1v) is 7.87. The van der Waals surface area contributed by atoms with Crippen LogP contribution in [0.25, 0.3) is 0 Å². The fourth-order valence-corrected chi connectivity index (χ4v) is 2.09. The maximum atomic E-state index is 12.4. The second-order valence-corrected chi connectivity index (χ2v) is 5.59. The van der Waals surface area contributed by atoms with Crippen LogP contribution in [-0.4, -0.2) is 25.2 Å². The van der Waals surface area contributed by atoms with Crippen molar-refractivity contribution in [2.45, 2.75) is 33.0 Å². The number of rotatable bonds is 7. The highest BCUT2D eigenvalue weighted by Gasteiger charge is 2.17. The van der Waals surface area contributed by atoms with E-state index in [9.17, 15) is 4.79 Å². The molecule has 24 heavy (non-hydrogen) atoms. The molecule has 2 rings (SSSR count). The first-order valence-electron chi connectivity index (χ1n) is 7.87. The van der Waals surface area contributed by atoms with Gasteiger partial charge in [-0.3, -0.25) is 4.79 Å². The summed E-state index contributed by atoms with van der Waals surface area (Å²) in [6.45, 7) is 5.57. The monoisotopic (exact) mass is 329 g/mol. The zero-order valence-corrected chi connectivity index (χ0v) is 14.4. The lowest BCUT2D eigenvalue weighted by Crippen LogP contribution is -2.30. The van der Waals surface area contributed by atoms with Gasteiger partial charge in [-0.25, -0.2) is 0 Å². The minimum Gasteiger partial charge on any atom is -0.497 e. The van der Waals surface area contributed by atoms with E-state index < -0.39 is 6.10 Å². The van der Waals surface area contributed by atoms with Gasteiger partial charge in [0.2, 0.25) is 0 Å². The summed E-state index contributed by atoms with van der Waals surface area (Å²) in [7, 11) is 1.58. The van der Waals surface area contributed by atoms with Crippen LogP contribution in [-0.2, 0) is 4.79 Å². The third-order valence-electron chi connectivity index (χ3n) is 3.23. The average molecular weight is 329 g/mol. The quantitative estimate of drug-likeness (QED) is 0.837. The van der Waals surface area contributed by atoms with Gasteiger partial charge < -0.3 is 19.5 Å². The van der Waals surface area contributed by atoms with E-state index in [0.29, 0.717) is 22.9 Å². The number of carbonyl (C=O) groups is 1. The van der Waals surface area contributed by atoms with Gasteiger partial charge in [0.15, 0.2) is 6.10 Å². The number of benzene rings is 2. The van der Waals surface area contributed by atoms with E-state index in [1.165, 1.54) is 0 Å². The lowest BCUT2D eigenvalue weighted by molar-refractivity contribution is -0.122. The van der Waals surface area contributed by atoms with Gasteiger partial charge in [0.05, 0.1) is 18.9 Å². The first kappa shape index (κ1) is 17.7. The summed E-state index contributed by atoms with van der Waals surface area (Å²) >= 11 is 0. The Labute approximate surface area is 142 Å². The summed E-state index contributed by atoms with van der Waals surface area (Å²) in [5.41, 5.74) is 0.622. The van der Waals surface area contributed by atoms with Crippen molar-refractivity contribution < 1.29 is 19.0 Å². The highest BCUT2D eigenvalue weighted by atomic mass is 16.5. The Hall–Kier alpha value is -2.69. The molecule has 0 aliphatic carbocycles. The van der Waals surface area contributed by atoms with E-state index in [4.69, 9.17) is 14.2 Å². The lowest BCUT2D eigenvalue weighted by atomic mass is 10.2. The van der Waals surface area contributed by atoms with Crippen molar-refractivity contribution in [1.29, 1.82) is 0 Å². The smallest absolute Gasteiger partial charge is 0.265 e. The number of hydrogen-bond acceptors (Lipinski definition) is 4. The molecule has 1 N–H and O–H groups in total. The first-order chi connectivity index (χ1) is 11.5. The molecule has 2 aromatic rings. The highest BCUT2D eigenvalue weighted by Crippen LogP contribution is 2.25. The molecular formula is C19H23NO4. The van der Waals surface area contributed by atoms with Gasteiger partial charge >= 0.3 is 0 Å². The number of ether oxygens (including phenoxy) is 3. The van der Waals surface area contributed by atoms with Crippen molar-refractivity contribution in [1.82, 2.24) is 0 Å². The van der Waals surface area contributed by atoms with Crippen LogP contribution >= 0.6 is 0 Å². The second kappa shape index (κ2) is 8.24. The fourth-order valence-electron chi connectivity index (χ4n) is 2.09. The summed E-state index contributed by atoms with van der Waals surface area (Å²) in [5, 5.41) is 2.84. The predicted molar refractivity (Wildman–Crippen MR) is 93.9 cm³/mol. The van der Waals surface area contributed by atoms with Crippen LogP contribution in [0.3, 0.4) is 0 Å². The van der Waals surface area contributed by atoms with Crippen LogP contribution in [0.15, 0.2) is 48.5 Å². The van der Waals surface area contributed by atoms with Crippen LogP contribution < -0.4 is 19.5 Å². The molecule has 0 spiro atoms. The Balaban J connectivity index is 2.04. The number of hydrogen-bond donors (Lipinski definition) is 1. The molecule has 2 aromatic carbocycles. The van der Waals surface area contributed by atoms with Gasteiger partial charge in [-0.15, -0.1) is 0 Å². The molecule has 1 unspecified atom stereocenters. The summed E-state index contributed by atoms with van der Waals surface area (Å²) in [5.74, 6) is 1.63. The Morgan fingerprint density at radius 3 is 2.38 bits per heavy atom. The fraction of sp³-hybridized carbons (Fsp3) is 0.316. The number of para-hydroxylation sites is 2. The predicted octanol–water partition coefficient (Wildman–Crippen LogP) is 3.89. The highest BCUT2D eigenvalue weighted by molar-refractivity contribution is 5.95. The SMILES string of the molecule is COc1cccc(OC(C)C(=O)Nc2ccccc2OC(C)C)c1. The van der Waals surface area contributed by atoms with E-state index in [-0.39, 0.29) is 12.0 Å². The van der Waals surface area contributed by atoms with E-state index in [0.717, 1.165) is 0 Å². The average Bonchev–Trinajstić information content (AvgIpc) is 2.56. The summed E-state index contributed by atoms with van der Waals surface area (Å²) in [6, 6.07) is 14.5. The van der Waals surface area contributed by atoms with Gasteiger partial charge in [-0.2, -0.15) is 0 Å². The van der Waals surface area contributed by atoms with Crippen LogP contribution in [0, 0.1) is 0 Å². The zero-order valence-electron chi connectivity index (χ0n) is 14.4. The second-order valence-electron chi connectivity index (χ2n) is 5.59. The molecule has 128 valence electrons. The molecule has 0 aliphatic heterocycles. The normalized spacial score (nSPS) is 11.7. The Bertz CT molecular complexity index is 685. The number of nitrogens with one attached hydrogen (secondary N) is 1. The van der Waals surface area contributed by atoms with Crippen LogP contribution in [0.1, 0.15) is 20.8 Å². The molecule has 0 aromatic heterocycles. The van der Waals surface area contributed by atoms with Crippen LogP contribution in [0.5, 0.6) is 17.2 Å². The maximum absolute atomic E-state index is 12.4. The molecule has 5 nitrogen and oxygen atoms in total. The molecular weight excluding hydrogens is 306 g/mol. The van der Waals surface area contributed by atoms with Crippen molar-refractivity contribution in [3.63, 3.8) is 0 Å². The molecule has 0 saturated carbocycles. The minimum absolute atomic E-state index is 0.0218. The molecule has 1 atom stereocenters. The topological polar surface area (TPSA) is 56.8 Å². The van der Waals surface area contributed by atoms with Crippen molar-refractivity contribution >= 4 is 11.6 Å². The molecule has 0 saturated heterocycles. The van der Waals surface area contributed by atoms with Crippen molar-refractivity contribution in [2.24, 2.45) is 0 Å².